The van der Waals surface area contributed by atoms with E-state index in [0.717, 1.165) is 10.6 Å². The molecule has 2 aromatic rings. The smallest absolute Gasteiger partial charge is 0.123 e. The van der Waals surface area contributed by atoms with Crippen LogP contribution in [-0.4, -0.2) is 12.0 Å². The van der Waals surface area contributed by atoms with E-state index in [1.54, 1.807) is 11.3 Å². The van der Waals surface area contributed by atoms with E-state index in [0.29, 0.717) is 6.04 Å². The molecule has 1 atom stereocenters. The van der Waals surface area contributed by atoms with E-state index in [1.165, 1.54) is 17.0 Å². The van der Waals surface area contributed by atoms with Crippen molar-refractivity contribution in [1.82, 2.24) is 10.3 Å². The number of rotatable bonds is 4. The van der Waals surface area contributed by atoms with E-state index in [2.05, 4.69) is 31.1 Å². The molecule has 0 amide bonds. The van der Waals surface area contributed by atoms with Gasteiger partial charge in [-0.2, -0.15) is 0 Å². The van der Waals surface area contributed by atoms with Crippen molar-refractivity contribution < 1.29 is 4.39 Å². The Morgan fingerprint density at radius 2 is 1.89 bits per heavy atom. The summed E-state index contributed by atoms with van der Waals surface area (Å²) in [5, 5.41) is 4.27. The van der Waals surface area contributed by atoms with Crippen LogP contribution in [0.25, 0.3) is 0 Å². The van der Waals surface area contributed by atoms with Crippen LogP contribution in [0.2, 0.25) is 0 Å². The van der Waals surface area contributed by atoms with Crippen molar-refractivity contribution in [2.75, 3.05) is 7.05 Å². The SMILES string of the molecule is CNC(C)c1cnc(C(C)(C)c2ccc(F)cc2)s1. The molecule has 2 nitrogen and oxygen atoms in total. The fraction of sp³-hybridized carbons (Fsp3) is 0.400. The highest BCUT2D eigenvalue weighted by atomic mass is 32.1. The van der Waals surface area contributed by atoms with E-state index >= 15 is 0 Å². The van der Waals surface area contributed by atoms with Crippen LogP contribution in [0.1, 0.15) is 42.3 Å². The maximum absolute atomic E-state index is 13.0. The standard InChI is InChI=1S/C15H19FN2S/c1-10(17-4)13-9-18-14(19-13)15(2,3)11-5-7-12(16)8-6-11/h5-10,17H,1-4H3. The molecule has 1 aromatic carbocycles. The number of benzene rings is 1. The first-order chi connectivity index (χ1) is 8.95. The second kappa shape index (κ2) is 5.39. The molecule has 102 valence electrons. The van der Waals surface area contributed by atoms with Crippen molar-refractivity contribution in [3.63, 3.8) is 0 Å². The maximum atomic E-state index is 13.0. The van der Waals surface area contributed by atoms with Gasteiger partial charge in [0.2, 0.25) is 0 Å². The molecule has 0 bridgehead atoms. The molecule has 1 aromatic heterocycles. The molecular weight excluding hydrogens is 259 g/mol. The van der Waals surface area contributed by atoms with Crippen molar-refractivity contribution in [3.05, 3.63) is 51.7 Å². The average Bonchev–Trinajstić information content (AvgIpc) is 2.88. The predicted octanol–water partition coefficient (Wildman–Crippen LogP) is 3.89. The van der Waals surface area contributed by atoms with Gasteiger partial charge < -0.3 is 5.32 Å². The number of thiazole rings is 1. The quantitative estimate of drug-likeness (QED) is 0.918. The highest BCUT2D eigenvalue weighted by Crippen LogP contribution is 2.35. The molecule has 0 aliphatic heterocycles. The van der Waals surface area contributed by atoms with Gasteiger partial charge in [-0.05, 0) is 45.5 Å². The normalized spacial score (nSPS) is 13.5. The molecule has 0 saturated carbocycles. The Bertz CT molecular complexity index is 546. The maximum Gasteiger partial charge on any atom is 0.123 e. The zero-order chi connectivity index (χ0) is 14.0. The van der Waals surface area contributed by atoms with Crippen LogP contribution < -0.4 is 5.32 Å². The van der Waals surface area contributed by atoms with Gasteiger partial charge in [-0.3, -0.25) is 0 Å². The van der Waals surface area contributed by atoms with Gasteiger partial charge in [0.1, 0.15) is 10.8 Å². The van der Waals surface area contributed by atoms with Gasteiger partial charge in [-0.1, -0.05) is 12.1 Å². The first-order valence-corrected chi connectivity index (χ1v) is 7.16. The number of aromatic nitrogens is 1. The molecule has 2 rings (SSSR count). The summed E-state index contributed by atoms with van der Waals surface area (Å²) in [5.41, 5.74) is 0.872. The van der Waals surface area contributed by atoms with E-state index < -0.39 is 0 Å². The van der Waals surface area contributed by atoms with Gasteiger partial charge in [-0.15, -0.1) is 11.3 Å². The van der Waals surface area contributed by atoms with Gasteiger partial charge in [0.05, 0.1) is 0 Å². The van der Waals surface area contributed by atoms with Gasteiger partial charge in [-0.25, -0.2) is 9.37 Å². The molecule has 1 N–H and O–H groups in total. The van der Waals surface area contributed by atoms with Crippen molar-refractivity contribution in [1.29, 1.82) is 0 Å². The lowest BCUT2D eigenvalue weighted by molar-refractivity contribution is 0.612. The number of nitrogens with zero attached hydrogens (tertiary/aromatic N) is 1. The predicted molar refractivity (Wildman–Crippen MR) is 78.1 cm³/mol. The van der Waals surface area contributed by atoms with E-state index in [-0.39, 0.29) is 11.2 Å². The van der Waals surface area contributed by atoms with E-state index in [4.69, 9.17) is 0 Å². The fourth-order valence-corrected chi connectivity index (χ4v) is 3.01. The highest BCUT2D eigenvalue weighted by Gasteiger charge is 2.27. The first kappa shape index (κ1) is 14.2. The molecule has 0 aliphatic carbocycles. The summed E-state index contributed by atoms with van der Waals surface area (Å²) in [7, 11) is 1.94. The van der Waals surface area contributed by atoms with Crippen LogP contribution in [0.3, 0.4) is 0 Å². The molecule has 0 spiro atoms. The lowest BCUT2D eigenvalue weighted by Crippen LogP contribution is -2.18. The number of halogens is 1. The third-order valence-corrected chi connectivity index (χ3v) is 4.99. The molecule has 1 unspecified atom stereocenters. The van der Waals surface area contributed by atoms with Crippen LogP contribution in [0.15, 0.2) is 30.5 Å². The third-order valence-electron chi connectivity index (χ3n) is 3.48. The van der Waals surface area contributed by atoms with Crippen LogP contribution in [0.4, 0.5) is 4.39 Å². The molecule has 0 saturated heterocycles. The van der Waals surface area contributed by atoms with Gasteiger partial charge in [0.15, 0.2) is 0 Å². The lowest BCUT2D eigenvalue weighted by atomic mass is 9.85. The zero-order valence-corrected chi connectivity index (χ0v) is 12.5. The molecular formula is C15H19FN2S. The van der Waals surface area contributed by atoms with Gasteiger partial charge in [0, 0.05) is 22.5 Å². The molecule has 0 fully saturated rings. The Kier molecular flexibility index (Phi) is 4.02. The molecule has 1 heterocycles. The van der Waals surface area contributed by atoms with E-state index in [9.17, 15) is 4.39 Å². The highest BCUT2D eigenvalue weighted by molar-refractivity contribution is 7.11. The first-order valence-electron chi connectivity index (χ1n) is 6.34. The Balaban J connectivity index is 2.33. The minimum Gasteiger partial charge on any atom is -0.312 e. The summed E-state index contributed by atoms with van der Waals surface area (Å²) >= 11 is 1.70. The van der Waals surface area contributed by atoms with Crippen LogP contribution in [-0.2, 0) is 5.41 Å². The van der Waals surface area contributed by atoms with Gasteiger partial charge >= 0.3 is 0 Å². The minimum atomic E-state index is -0.205. The minimum absolute atomic E-state index is 0.204. The number of nitrogens with one attached hydrogen (secondary N) is 1. The van der Waals surface area contributed by atoms with Gasteiger partial charge in [0.25, 0.3) is 0 Å². The Morgan fingerprint density at radius 1 is 1.26 bits per heavy atom. The lowest BCUT2D eigenvalue weighted by Gasteiger charge is -2.22. The zero-order valence-electron chi connectivity index (χ0n) is 11.7. The molecule has 19 heavy (non-hydrogen) atoms. The number of hydrogen-bond acceptors (Lipinski definition) is 3. The Labute approximate surface area is 117 Å². The summed E-state index contributed by atoms with van der Waals surface area (Å²) in [6, 6.07) is 6.97. The van der Waals surface area contributed by atoms with Crippen molar-refractivity contribution in [3.8, 4) is 0 Å². The van der Waals surface area contributed by atoms with Crippen molar-refractivity contribution >= 4 is 11.3 Å². The molecule has 0 aliphatic rings. The summed E-state index contributed by atoms with van der Waals surface area (Å²) in [6.07, 6.45) is 1.92. The average molecular weight is 278 g/mol. The summed E-state index contributed by atoms with van der Waals surface area (Å²) in [5.74, 6) is -0.205. The Morgan fingerprint density at radius 3 is 2.47 bits per heavy atom. The number of hydrogen-bond donors (Lipinski definition) is 1. The van der Waals surface area contributed by atoms with Crippen molar-refractivity contribution in [2.24, 2.45) is 0 Å². The van der Waals surface area contributed by atoms with Crippen LogP contribution in [0.5, 0.6) is 0 Å². The van der Waals surface area contributed by atoms with Crippen LogP contribution in [0, 0.1) is 5.82 Å². The molecule has 0 radical (unpaired) electrons. The van der Waals surface area contributed by atoms with Crippen molar-refractivity contribution in [2.45, 2.75) is 32.2 Å². The van der Waals surface area contributed by atoms with Crippen LogP contribution >= 0.6 is 11.3 Å². The summed E-state index contributed by atoms with van der Waals surface area (Å²) in [6.45, 7) is 6.35. The summed E-state index contributed by atoms with van der Waals surface area (Å²) < 4.78 is 13.0. The second-order valence-corrected chi connectivity index (χ2v) is 6.27. The molecule has 4 heteroatoms. The fourth-order valence-electron chi connectivity index (χ4n) is 1.91. The summed E-state index contributed by atoms with van der Waals surface area (Å²) in [4.78, 5) is 5.76. The van der Waals surface area contributed by atoms with E-state index in [1.807, 2.05) is 25.4 Å². The third kappa shape index (κ3) is 2.85. The monoisotopic (exact) mass is 278 g/mol. The largest absolute Gasteiger partial charge is 0.312 e. The second-order valence-electron chi connectivity index (χ2n) is 5.21. The topological polar surface area (TPSA) is 24.9 Å². The Hall–Kier alpha value is -1.26.